The van der Waals surface area contributed by atoms with Crippen LogP contribution in [0.4, 0.5) is 0 Å². The van der Waals surface area contributed by atoms with Gasteiger partial charge in [-0.3, -0.25) is 9.89 Å². The maximum Gasteiger partial charge on any atom is 0.123 e. The average Bonchev–Trinajstić information content (AvgIpc) is 2.48. The lowest BCUT2D eigenvalue weighted by molar-refractivity contribution is -0.0106. The minimum atomic E-state index is -0.120. The molecule has 0 aliphatic carbocycles. The lowest BCUT2D eigenvalue weighted by Crippen LogP contribution is -2.59. The van der Waals surface area contributed by atoms with Crippen LogP contribution in [0.25, 0.3) is 0 Å². The van der Waals surface area contributed by atoms with Gasteiger partial charge in [0.2, 0.25) is 0 Å². The summed E-state index contributed by atoms with van der Waals surface area (Å²) in [6, 6.07) is 4.53. The minimum Gasteiger partial charge on any atom is -0.507 e. The van der Waals surface area contributed by atoms with Gasteiger partial charge in [0, 0.05) is 28.4 Å². The number of rotatable bonds is 2. The molecule has 0 saturated carbocycles. The van der Waals surface area contributed by atoms with E-state index in [0.717, 1.165) is 29.5 Å². The van der Waals surface area contributed by atoms with Gasteiger partial charge in [-0.25, -0.2) is 0 Å². The van der Waals surface area contributed by atoms with Crippen molar-refractivity contribution in [1.82, 2.24) is 4.90 Å². The largest absolute Gasteiger partial charge is 0.507 e. The third kappa shape index (κ3) is 4.79. The van der Waals surface area contributed by atoms with Crippen molar-refractivity contribution >= 4 is 6.21 Å². The molecule has 1 saturated heterocycles. The molecule has 28 heavy (non-hydrogen) atoms. The van der Waals surface area contributed by atoms with Crippen LogP contribution in [0.5, 0.6) is 5.75 Å². The lowest BCUT2D eigenvalue weighted by atomic mass is 9.77. The van der Waals surface area contributed by atoms with Gasteiger partial charge in [0.1, 0.15) is 5.75 Å². The summed E-state index contributed by atoms with van der Waals surface area (Å²) >= 11 is 0. The van der Waals surface area contributed by atoms with E-state index < -0.39 is 0 Å². The first-order valence-corrected chi connectivity index (χ1v) is 10.6. The summed E-state index contributed by atoms with van der Waals surface area (Å²) in [6.07, 6.45) is 4.14. The molecule has 1 heterocycles. The van der Waals surface area contributed by atoms with Crippen molar-refractivity contribution in [3.8, 4) is 5.75 Å². The first-order valence-electron chi connectivity index (χ1n) is 10.6. The lowest BCUT2D eigenvalue weighted by Gasteiger charge is -2.52. The minimum absolute atomic E-state index is 0.120. The summed E-state index contributed by atoms with van der Waals surface area (Å²) < 4.78 is 0. The zero-order valence-electron chi connectivity index (χ0n) is 20.1. The number of likely N-dealkylation sites (tertiary alicyclic amines) is 1. The van der Waals surface area contributed by atoms with Gasteiger partial charge in [-0.05, 0) is 76.1 Å². The first kappa shape index (κ1) is 22.9. The number of piperidine rings is 1. The Hall–Kier alpha value is -1.35. The number of phenols is 1. The fourth-order valence-corrected chi connectivity index (χ4v) is 4.49. The monoisotopic (exact) mass is 386 g/mol. The van der Waals surface area contributed by atoms with E-state index in [0.29, 0.717) is 11.8 Å². The Morgan fingerprint density at radius 1 is 0.929 bits per heavy atom. The van der Waals surface area contributed by atoms with Crippen molar-refractivity contribution in [3.63, 3.8) is 0 Å². The highest BCUT2D eigenvalue weighted by atomic mass is 16.3. The fourth-order valence-electron chi connectivity index (χ4n) is 4.49. The molecule has 3 heteroatoms. The van der Waals surface area contributed by atoms with E-state index in [1.807, 2.05) is 6.21 Å². The van der Waals surface area contributed by atoms with Crippen molar-refractivity contribution in [3.05, 3.63) is 28.8 Å². The summed E-state index contributed by atoms with van der Waals surface area (Å²) in [5.74, 6) is 0.429. The van der Waals surface area contributed by atoms with Crippen molar-refractivity contribution in [1.29, 1.82) is 0 Å². The number of hydrogen-bond acceptors (Lipinski definition) is 3. The molecule has 0 unspecified atom stereocenters. The Bertz CT molecular complexity index is 692. The smallest absolute Gasteiger partial charge is 0.123 e. The summed E-state index contributed by atoms with van der Waals surface area (Å²) in [6.45, 7) is 22.1. The molecule has 1 aromatic rings. The van der Waals surface area contributed by atoms with Gasteiger partial charge in [0.25, 0.3) is 0 Å². The van der Waals surface area contributed by atoms with Crippen molar-refractivity contribution in [2.24, 2.45) is 4.99 Å². The van der Waals surface area contributed by atoms with Gasteiger partial charge in [-0.1, -0.05) is 41.5 Å². The van der Waals surface area contributed by atoms with Crippen LogP contribution in [0, 0.1) is 0 Å². The van der Waals surface area contributed by atoms with Crippen LogP contribution in [0.15, 0.2) is 17.1 Å². The molecule has 0 spiro atoms. The summed E-state index contributed by atoms with van der Waals surface area (Å²) in [4.78, 5) is 7.51. The molecule has 1 fully saturated rings. The molecular formula is C25H42N2O. The van der Waals surface area contributed by atoms with E-state index in [9.17, 15) is 5.11 Å². The average molecular weight is 387 g/mol. The van der Waals surface area contributed by atoms with E-state index in [1.165, 1.54) is 0 Å². The van der Waals surface area contributed by atoms with E-state index in [-0.39, 0.29) is 21.9 Å². The predicted molar refractivity (Wildman–Crippen MR) is 122 cm³/mol. The number of hydrogen-bond donors (Lipinski definition) is 1. The highest BCUT2D eigenvalue weighted by Crippen LogP contribution is 2.40. The molecule has 3 nitrogen and oxygen atoms in total. The summed E-state index contributed by atoms with van der Waals surface area (Å²) in [7, 11) is 2.23. The Labute approximate surface area is 173 Å². The molecule has 0 atom stereocenters. The molecule has 0 aromatic heterocycles. The number of phenolic OH excluding ortho intramolecular Hbond substituents is 1. The number of benzene rings is 1. The van der Waals surface area contributed by atoms with Gasteiger partial charge in [0.15, 0.2) is 0 Å². The highest BCUT2D eigenvalue weighted by molar-refractivity contribution is 5.81. The number of aromatic hydroxyl groups is 1. The highest BCUT2D eigenvalue weighted by Gasteiger charge is 2.42. The normalized spacial score (nSPS) is 21.4. The summed E-state index contributed by atoms with van der Waals surface area (Å²) in [5, 5.41) is 10.9. The third-order valence-electron chi connectivity index (χ3n) is 6.47. The molecule has 1 aliphatic heterocycles. The number of aliphatic imine (C=N–C) groups is 1. The van der Waals surface area contributed by atoms with Crippen molar-refractivity contribution < 1.29 is 5.11 Å². The van der Waals surface area contributed by atoms with Crippen LogP contribution in [0.1, 0.15) is 98.8 Å². The van der Waals surface area contributed by atoms with E-state index in [1.54, 1.807) is 0 Å². The van der Waals surface area contributed by atoms with E-state index in [4.69, 9.17) is 4.99 Å². The van der Waals surface area contributed by atoms with E-state index >= 15 is 0 Å². The zero-order chi connectivity index (χ0) is 21.7. The first-order chi connectivity index (χ1) is 12.4. The van der Waals surface area contributed by atoms with Gasteiger partial charge in [0.05, 0.1) is 6.04 Å². The molecular weight excluding hydrogens is 344 g/mol. The second kappa shape index (κ2) is 7.16. The Morgan fingerprint density at radius 3 is 1.68 bits per heavy atom. The Kier molecular flexibility index (Phi) is 5.87. The van der Waals surface area contributed by atoms with Crippen molar-refractivity contribution in [2.45, 2.75) is 110 Å². The molecule has 0 bridgehead atoms. The predicted octanol–water partition coefficient (Wildman–Crippen LogP) is 6.06. The molecule has 1 aromatic carbocycles. The third-order valence-corrected chi connectivity index (χ3v) is 6.47. The van der Waals surface area contributed by atoms with Crippen LogP contribution >= 0.6 is 0 Å². The SMILES string of the molecule is CN1C(C)(C)CC(/N=C/c2cc(C(C)(C)C)c(O)c(C(C)(C)C)c2)CC1(C)C. The standard InChI is InChI=1S/C25H42N2O/c1-22(2,3)19-12-17(13-20(21(19)28)23(4,5)6)16-26-18-14-24(7,8)27(11)25(9,10)15-18/h12-13,16,18,28H,14-15H2,1-11H3/b26-16+. The Balaban J connectivity index is 2.43. The van der Waals surface area contributed by atoms with Gasteiger partial charge >= 0.3 is 0 Å². The molecule has 158 valence electrons. The van der Waals surface area contributed by atoms with Crippen LogP contribution in [0.3, 0.4) is 0 Å². The molecule has 1 aliphatic rings. The fraction of sp³-hybridized carbons (Fsp3) is 0.720. The molecule has 0 radical (unpaired) electrons. The molecule has 1 N–H and O–H groups in total. The topological polar surface area (TPSA) is 35.8 Å². The van der Waals surface area contributed by atoms with Gasteiger partial charge < -0.3 is 5.11 Å². The zero-order valence-corrected chi connectivity index (χ0v) is 20.1. The maximum atomic E-state index is 10.9. The summed E-state index contributed by atoms with van der Waals surface area (Å²) in [5.41, 5.74) is 3.09. The van der Waals surface area contributed by atoms with Crippen LogP contribution in [-0.2, 0) is 10.8 Å². The van der Waals surface area contributed by atoms with Crippen molar-refractivity contribution in [2.75, 3.05) is 7.05 Å². The molecule has 0 amide bonds. The molecule has 2 rings (SSSR count). The van der Waals surface area contributed by atoms with Gasteiger partial charge in [-0.15, -0.1) is 0 Å². The second-order valence-electron chi connectivity index (χ2n) is 12.0. The Morgan fingerprint density at radius 2 is 1.32 bits per heavy atom. The quantitative estimate of drug-likeness (QED) is 0.627. The van der Waals surface area contributed by atoms with E-state index in [2.05, 4.69) is 93.3 Å². The van der Waals surface area contributed by atoms with Crippen LogP contribution < -0.4 is 0 Å². The number of nitrogens with zero attached hydrogens (tertiary/aromatic N) is 2. The maximum absolute atomic E-state index is 10.9. The van der Waals surface area contributed by atoms with Crippen LogP contribution in [-0.4, -0.2) is 40.4 Å². The van der Waals surface area contributed by atoms with Crippen LogP contribution in [0.2, 0.25) is 0 Å². The second-order valence-corrected chi connectivity index (χ2v) is 12.0. The van der Waals surface area contributed by atoms with Gasteiger partial charge in [-0.2, -0.15) is 0 Å².